The van der Waals surface area contributed by atoms with Gasteiger partial charge in [-0.1, -0.05) is 36.4 Å². The predicted molar refractivity (Wildman–Crippen MR) is 111 cm³/mol. The molecule has 2 aromatic rings. The van der Waals surface area contributed by atoms with Crippen molar-refractivity contribution < 1.29 is 19.4 Å². The first-order chi connectivity index (χ1) is 14.1. The Balaban J connectivity index is 1.46. The molecule has 0 aromatic heterocycles. The summed E-state index contributed by atoms with van der Waals surface area (Å²) in [6.45, 7) is 2.93. The second-order valence-electron chi connectivity index (χ2n) is 7.75. The molecule has 29 heavy (non-hydrogen) atoms. The van der Waals surface area contributed by atoms with Crippen LogP contribution in [0, 0.1) is 5.92 Å². The highest BCUT2D eigenvalue weighted by atomic mass is 16.5. The molecular weight excluding hydrogens is 366 g/mol. The zero-order chi connectivity index (χ0) is 20.4. The Morgan fingerprint density at radius 1 is 1.07 bits per heavy atom. The largest absolute Gasteiger partial charge is 0.493 e. The normalized spacial score (nSPS) is 21.4. The first-order valence-electron chi connectivity index (χ1n) is 10.1. The molecule has 0 saturated carbocycles. The third-order valence-corrected chi connectivity index (χ3v) is 5.95. The van der Waals surface area contributed by atoms with Crippen molar-refractivity contribution in [2.24, 2.45) is 5.92 Å². The molecule has 1 unspecified atom stereocenters. The highest BCUT2D eigenvalue weighted by Gasteiger charge is 2.35. The zero-order valence-corrected chi connectivity index (χ0v) is 16.9. The van der Waals surface area contributed by atoms with Crippen molar-refractivity contribution in [1.82, 2.24) is 4.90 Å². The minimum Gasteiger partial charge on any atom is -0.493 e. The van der Waals surface area contributed by atoms with E-state index in [1.807, 2.05) is 12.1 Å². The summed E-state index contributed by atoms with van der Waals surface area (Å²) in [4.78, 5) is 15.4. The number of rotatable bonds is 5. The van der Waals surface area contributed by atoms with Gasteiger partial charge in [0.25, 0.3) is 0 Å². The molecule has 5 heteroatoms. The number of carbonyl (C=O) groups excluding carboxylic acids is 1. The number of nitrogens with zero attached hydrogens (tertiary/aromatic N) is 1. The average Bonchev–Trinajstić information content (AvgIpc) is 2.99. The fourth-order valence-electron chi connectivity index (χ4n) is 4.30. The second kappa shape index (κ2) is 8.39. The minimum absolute atomic E-state index is 0.111. The molecular formula is C24H27NO4. The topological polar surface area (TPSA) is 59.0 Å². The van der Waals surface area contributed by atoms with Crippen molar-refractivity contribution in [3.63, 3.8) is 0 Å². The van der Waals surface area contributed by atoms with E-state index in [9.17, 15) is 9.90 Å². The molecule has 1 heterocycles. The molecule has 5 nitrogen and oxygen atoms in total. The number of carbonyl (C=O) groups is 1. The van der Waals surface area contributed by atoms with Crippen molar-refractivity contribution in [3.8, 4) is 11.5 Å². The third-order valence-electron chi connectivity index (χ3n) is 5.95. The van der Waals surface area contributed by atoms with Crippen LogP contribution in [0.4, 0.5) is 0 Å². The summed E-state index contributed by atoms with van der Waals surface area (Å²) in [7, 11) is 3.09. The van der Waals surface area contributed by atoms with E-state index in [4.69, 9.17) is 9.47 Å². The van der Waals surface area contributed by atoms with Gasteiger partial charge in [0.1, 0.15) is 6.10 Å². The van der Waals surface area contributed by atoms with E-state index in [0.29, 0.717) is 34.1 Å². The fourth-order valence-corrected chi connectivity index (χ4v) is 4.30. The molecule has 152 valence electrons. The average molecular weight is 393 g/mol. The molecule has 2 aromatic carbocycles. The van der Waals surface area contributed by atoms with E-state index in [1.165, 1.54) is 5.56 Å². The molecule has 1 aliphatic heterocycles. The number of methoxy groups -OCH3 is 2. The Morgan fingerprint density at radius 3 is 2.38 bits per heavy atom. The third kappa shape index (κ3) is 3.93. The summed E-state index contributed by atoms with van der Waals surface area (Å²) in [5.74, 6) is 1.21. The number of ketones is 1. The van der Waals surface area contributed by atoms with E-state index >= 15 is 0 Å². The summed E-state index contributed by atoms with van der Waals surface area (Å²) in [6, 6.07) is 13.9. The van der Waals surface area contributed by atoms with Crippen LogP contribution in [0.15, 0.2) is 54.1 Å². The molecule has 1 atom stereocenters. The summed E-state index contributed by atoms with van der Waals surface area (Å²) in [5, 5.41) is 10.8. The predicted octanol–water partition coefficient (Wildman–Crippen LogP) is 3.77. The number of hydrogen-bond donors (Lipinski definition) is 1. The van der Waals surface area contributed by atoms with Crippen LogP contribution in [0.2, 0.25) is 0 Å². The Labute approximate surface area is 171 Å². The van der Waals surface area contributed by atoms with Crippen LogP contribution in [0.25, 0.3) is 0 Å². The molecule has 0 radical (unpaired) electrons. The van der Waals surface area contributed by atoms with Crippen molar-refractivity contribution >= 4 is 5.78 Å². The zero-order valence-electron chi connectivity index (χ0n) is 16.9. The van der Waals surface area contributed by atoms with Gasteiger partial charge in [0, 0.05) is 23.2 Å². The van der Waals surface area contributed by atoms with Gasteiger partial charge in [0.15, 0.2) is 17.3 Å². The van der Waals surface area contributed by atoms with E-state index in [0.717, 1.165) is 32.5 Å². The van der Waals surface area contributed by atoms with Crippen LogP contribution in [0.5, 0.6) is 11.5 Å². The molecule has 1 fully saturated rings. The Hall–Kier alpha value is -2.63. The first kappa shape index (κ1) is 19.7. The van der Waals surface area contributed by atoms with Crippen molar-refractivity contribution in [2.45, 2.75) is 25.5 Å². The Bertz CT molecular complexity index is 914. The number of Topliss-reactive ketones (excluding diaryl/α,β-unsaturated/α-hetero) is 1. The lowest BCUT2D eigenvalue weighted by molar-refractivity contribution is 0.101. The molecule has 1 saturated heterocycles. The van der Waals surface area contributed by atoms with E-state index in [-0.39, 0.29) is 5.78 Å². The number of likely N-dealkylation sites (tertiary alicyclic amines) is 1. The molecule has 2 aliphatic rings. The highest BCUT2D eigenvalue weighted by Crippen LogP contribution is 2.42. The van der Waals surface area contributed by atoms with Crippen LogP contribution in [-0.2, 0) is 6.54 Å². The molecule has 0 spiro atoms. The number of hydrogen-bond acceptors (Lipinski definition) is 5. The van der Waals surface area contributed by atoms with Crippen molar-refractivity contribution in [3.05, 3.63) is 70.8 Å². The maximum atomic E-state index is 12.9. The van der Waals surface area contributed by atoms with Gasteiger partial charge in [-0.3, -0.25) is 9.69 Å². The molecule has 1 N–H and O–H groups in total. The van der Waals surface area contributed by atoms with E-state index in [1.54, 1.807) is 26.4 Å². The number of fused-ring (bicyclic) bond motifs is 1. The van der Waals surface area contributed by atoms with E-state index in [2.05, 4.69) is 29.2 Å². The van der Waals surface area contributed by atoms with Gasteiger partial charge in [-0.05, 0) is 49.5 Å². The van der Waals surface area contributed by atoms with Crippen molar-refractivity contribution in [2.75, 3.05) is 27.3 Å². The molecule has 0 bridgehead atoms. The van der Waals surface area contributed by atoms with Crippen LogP contribution in [-0.4, -0.2) is 43.1 Å². The number of ether oxygens (including phenoxy) is 2. The van der Waals surface area contributed by atoms with Gasteiger partial charge in [-0.25, -0.2) is 0 Å². The summed E-state index contributed by atoms with van der Waals surface area (Å²) in [5.41, 5.74) is 2.91. The van der Waals surface area contributed by atoms with Gasteiger partial charge in [0.2, 0.25) is 0 Å². The summed E-state index contributed by atoms with van der Waals surface area (Å²) < 4.78 is 10.6. The second-order valence-corrected chi connectivity index (χ2v) is 7.75. The number of piperidine rings is 1. The van der Waals surface area contributed by atoms with Crippen LogP contribution in [0.3, 0.4) is 0 Å². The Kier molecular flexibility index (Phi) is 5.69. The maximum absolute atomic E-state index is 12.9. The molecule has 4 rings (SSSR count). The van der Waals surface area contributed by atoms with Gasteiger partial charge < -0.3 is 14.6 Å². The highest BCUT2D eigenvalue weighted by molar-refractivity contribution is 6.14. The van der Waals surface area contributed by atoms with Crippen LogP contribution >= 0.6 is 0 Å². The van der Waals surface area contributed by atoms with Gasteiger partial charge in [0.05, 0.1) is 14.2 Å². The van der Waals surface area contributed by atoms with E-state index < -0.39 is 6.10 Å². The summed E-state index contributed by atoms with van der Waals surface area (Å²) >= 11 is 0. The first-order valence-corrected chi connectivity index (χ1v) is 10.1. The van der Waals surface area contributed by atoms with Crippen LogP contribution in [0.1, 0.15) is 40.4 Å². The molecule has 0 amide bonds. The number of allylic oxidation sites excluding steroid dienone is 1. The minimum atomic E-state index is -0.903. The quantitative estimate of drug-likeness (QED) is 0.784. The van der Waals surface area contributed by atoms with Crippen LogP contribution < -0.4 is 9.47 Å². The number of aliphatic hydroxyl groups is 1. The van der Waals surface area contributed by atoms with Crippen molar-refractivity contribution in [1.29, 1.82) is 0 Å². The van der Waals surface area contributed by atoms with Gasteiger partial charge >= 0.3 is 0 Å². The smallest absolute Gasteiger partial charge is 0.192 e. The number of aliphatic hydroxyl groups excluding tert-OH is 1. The monoisotopic (exact) mass is 393 g/mol. The lowest BCUT2D eigenvalue weighted by atomic mass is 9.92. The Morgan fingerprint density at radius 2 is 1.72 bits per heavy atom. The van der Waals surface area contributed by atoms with Gasteiger partial charge in [-0.2, -0.15) is 0 Å². The summed E-state index contributed by atoms with van der Waals surface area (Å²) in [6.07, 6.45) is 3.06. The maximum Gasteiger partial charge on any atom is 0.192 e. The SMILES string of the molecule is COc1cc2c(cc1OC)C(O)/C(=C/C1CCN(Cc3ccccc3)CC1)C2=O. The lowest BCUT2D eigenvalue weighted by Crippen LogP contribution is -2.32. The number of benzene rings is 2. The standard InChI is InChI=1S/C24H27NO4/c1-28-21-13-18-19(14-22(21)29-2)24(27)20(23(18)26)12-16-8-10-25(11-9-16)15-17-6-4-3-5-7-17/h3-7,12-14,16,23,26H,8-11,15H2,1-2H3/b20-12-. The molecule has 1 aliphatic carbocycles. The lowest BCUT2D eigenvalue weighted by Gasteiger charge is -2.31. The van der Waals surface area contributed by atoms with Gasteiger partial charge in [-0.15, -0.1) is 0 Å². The fraction of sp³-hybridized carbons (Fsp3) is 0.375.